The number of benzene rings is 2. The number of carbonyl (C=O) groups excluding carboxylic acids is 1. The van der Waals surface area contributed by atoms with Gasteiger partial charge in [-0.1, -0.05) is 18.2 Å². The van der Waals surface area contributed by atoms with Gasteiger partial charge in [0, 0.05) is 11.9 Å². The van der Waals surface area contributed by atoms with Crippen LogP contribution in [0.4, 0.5) is 5.69 Å². The Kier molecular flexibility index (Phi) is 5.20. The Morgan fingerprint density at radius 3 is 2.59 bits per heavy atom. The minimum atomic E-state index is -3.31. The minimum absolute atomic E-state index is 0.150. The molecule has 7 heteroatoms. The highest BCUT2D eigenvalue weighted by atomic mass is 79.9. The number of para-hydroxylation sites is 1. The fourth-order valence-electron chi connectivity index (χ4n) is 1.71. The van der Waals surface area contributed by atoms with Gasteiger partial charge in [0.1, 0.15) is 5.75 Å². The summed E-state index contributed by atoms with van der Waals surface area (Å²) < 4.78 is 29.1. The Bertz CT molecular complexity index is 790. The molecular formula is C15H14BrNO4S. The Balaban J connectivity index is 2.00. The minimum Gasteiger partial charge on any atom is -0.483 e. The molecule has 0 bridgehead atoms. The van der Waals surface area contributed by atoms with Crippen molar-refractivity contribution < 1.29 is 17.9 Å². The number of ether oxygens (including phenoxy) is 1. The van der Waals surface area contributed by atoms with Crippen molar-refractivity contribution >= 4 is 37.4 Å². The number of nitrogens with one attached hydrogen (secondary N) is 1. The summed E-state index contributed by atoms with van der Waals surface area (Å²) in [4.78, 5) is 12.0. The van der Waals surface area contributed by atoms with Crippen molar-refractivity contribution in [2.45, 2.75) is 4.90 Å². The first kappa shape index (κ1) is 16.5. The van der Waals surface area contributed by atoms with E-state index in [0.29, 0.717) is 11.4 Å². The third-order valence-corrected chi connectivity index (χ3v) is 4.51. The Labute approximate surface area is 137 Å². The van der Waals surface area contributed by atoms with E-state index in [2.05, 4.69) is 21.2 Å². The molecule has 0 unspecified atom stereocenters. The smallest absolute Gasteiger partial charge is 0.262 e. The van der Waals surface area contributed by atoms with Crippen LogP contribution in [0.25, 0.3) is 0 Å². The summed E-state index contributed by atoms with van der Waals surface area (Å²) in [6.07, 6.45) is 1.12. The molecule has 0 aliphatic heterocycles. The van der Waals surface area contributed by atoms with Gasteiger partial charge in [0.05, 0.1) is 9.37 Å². The predicted molar refractivity (Wildman–Crippen MR) is 87.8 cm³/mol. The summed E-state index contributed by atoms with van der Waals surface area (Å²) in [6, 6.07) is 13.3. The highest BCUT2D eigenvalue weighted by Gasteiger charge is 2.10. The van der Waals surface area contributed by atoms with Crippen molar-refractivity contribution in [2.75, 3.05) is 18.2 Å². The highest BCUT2D eigenvalue weighted by molar-refractivity contribution is 9.10. The maximum atomic E-state index is 11.9. The maximum absolute atomic E-state index is 11.9. The van der Waals surface area contributed by atoms with Gasteiger partial charge in [0.15, 0.2) is 16.4 Å². The van der Waals surface area contributed by atoms with E-state index in [1.807, 2.05) is 12.1 Å². The van der Waals surface area contributed by atoms with Crippen molar-refractivity contribution in [1.82, 2.24) is 0 Å². The lowest BCUT2D eigenvalue weighted by Gasteiger charge is -2.09. The Morgan fingerprint density at radius 2 is 1.91 bits per heavy atom. The first-order valence-electron chi connectivity index (χ1n) is 6.33. The molecule has 1 amide bonds. The molecule has 0 saturated heterocycles. The number of rotatable bonds is 5. The summed E-state index contributed by atoms with van der Waals surface area (Å²) in [7, 11) is -3.31. The van der Waals surface area contributed by atoms with Crippen LogP contribution >= 0.6 is 15.9 Å². The summed E-state index contributed by atoms with van der Waals surface area (Å²) >= 11 is 3.32. The first-order chi connectivity index (χ1) is 10.4. The second kappa shape index (κ2) is 6.93. The van der Waals surface area contributed by atoms with Crippen LogP contribution in [0.5, 0.6) is 5.75 Å². The number of halogens is 1. The van der Waals surface area contributed by atoms with Crippen LogP contribution in [0.15, 0.2) is 57.9 Å². The number of hydrogen-bond donors (Lipinski definition) is 1. The Morgan fingerprint density at radius 1 is 1.18 bits per heavy atom. The number of hydrogen-bond acceptors (Lipinski definition) is 4. The lowest BCUT2D eigenvalue weighted by Crippen LogP contribution is -2.20. The molecule has 2 aromatic rings. The molecular weight excluding hydrogens is 370 g/mol. The van der Waals surface area contributed by atoms with Gasteiger partial charge in [-0.3, -0.25) is 4.79 Å². The van der Waals surface area contributed by atoms with Crippen LogP contribution in [-0.2, 0) is 14.6 Å². The van der Waals surface area contributed by atoms with Gasteiger partial charge in [0.25, 0.3) is 5.91 Å². The van der Waals surface area contributed by atoms with E-state index in [0.717, 1.165) is 10.7 Å². The second-order valence-electron chi connectivity index (χ2n) is 4.57. The number of amides is 1. The van der Waals surface area contributed by atoms with E-state index < -0.39 is 9.84 Å². The number of sulfone groups is 1. The molecule has 2 aromatic carbocycles. The lowest BCUT2D eigenvalue weighted by molar-refractivity contribution is -0.118. The fourth-order valence-corrected chi connectivity index (χ4v) is 2.77. The van der Waals surface area contributed by atoms with Gasteiger partial charge in [-0.05, 0) is 46.3 Å². The molecule has 0 aliphatic carbocycles. The molecule has 0 aliphatic rings. The first-order valence-corrected chi connectivity index (χ1v) is 9.02. The van der Waals surface area contributed by atoms with E-state index in [1.165, 1.54) is 12.1 Å². The molecule has 2 rings (SSSR count). The molecule has 0 heterocycles. The van der Waals surface area contributed by atoms with E-state index in [-0.39, 0.29) is 17.4 Å². The monoisotopic (exact) mass is 383 g/mol. The number of anilines is 1. The highest BCUT2D eigenvalue weighted by Crippen LogP contribution is 2.23. The molecule has 22 heavy (non-hydrogen) atoms. The molecule has 0 fully saturated rings. The Hall–Kier alpha value is -1.86. The van der Waals surface area contributed by atoms with E-state index in [1.54, 1.807) is 24.3 Å². The zero-order valence-corrected chi connectivity index (χ0v) is 14.1. The topological polar surface area (TPSA) is 72.5 Å². The summed E-state index contributed by atoms with van der Waals surface area (Å²) in [5.41, 5.74) is 0.406. The number of carbonyl (C=O) groups is 1. The fraction of sp³-hybridized carbons (Fsp3) is 0.133. The summed E-state index contributed by atoms with van der Waals surface area (Å²) in [6.45, 7) is -0.175. The van der Waals surface area contributed by atoms with Gasteiger partial charge in [0.2, 0.25) is 0 Å². The van der Waals surface area contributed by atoms with Gasteiger partial charge in [-0.15, -0.1) is 0 Å². The predicted octanol–water partition coefficient (Wildman–Crippen LogP) is 2.87. The molecule has 1 N–H and O–H groups in total. The molecule has 0 aromatic heterocycles. The second-order valence-corrected chi connectivity index (χ2v) is 7.44. The largest absolute Gasteiger partial charge is 0.483 e. The summed E-state index contributed by atoms with van der Waals surface area (Å²) in [5.74, 6) is 0.184. The lowest BCUT2D eigenvalue weighted by atomic mass is 10.3. The molecule has 0 radical (unpaired) electrons. The third-order valence-electron chi connectivity index (χ3n) is 2.74. The van der Waals surface area contributed by atoms with Crippen LogP contribution < -0.4 is 10.1 Å². The third kappa shape index (κ3) is 4.57. The van der Waals surface area contributed by atoms with Gasteiger partial charge in [-0.2, -0.15) is 0 Å². The van der Waals surface area contributed by atoms with Crippen LogP contribution in [0.1, 0.15) is 0 Å². The SMILES string of the molecule is CS(=O)(=O)c1cccc(NC(=O)COc2ccccc2Br)c1. The molecule has 116 valence electrons. The van der Waals surface area contributed by atoms with Crippen LogP contribution in [0.2, 0.25) is 0 Å². The van der Waals surface area contributed by atoms with Gasteiger partial charge < -0.3 is 10.1 Å². The van der Waals surface area contributed by atoms with Crippen molar-refractivity contribution in [1.29, 1.82) is 0 Å². The molecule has 0 atom stereocenters. The average Bonchev–Trinajstić information content (AvgIpc) is 2.46. The van der Waals surface area contributed by atoms with E-state index in [9.17, 15) is 13.2 Å². The van der Waals surface area contributed by atoms with Crippen LogP contribution in [0, 0.1) is 0 Å². The van der Waals surface area contributed by atoms with Crippen molar-refractivity contribution in [3.05, 3.63) is 53.0 Å². The zero-order chi connectivity index (χ0) is 16.2. The maximum Gasteiger partial charge on any atom is 0.262 e. The molecule has 0 spiro atoms. The van der Waals surface area contributed by atoms with Crippen molar-refractivity contribution in [3.8, 4) is 5.75 Å². The molecule has 0 saturated carbocycles. The van der Waals surface area contributed by atoms with E-state index in [4.69, 9.17) is 4.74 Å². The summed E-state index contributed by atoms with van der Waals surface area (Å²) in [5, 5.41) is 2.60. The van der Waals surface area contributed by atoms with Crippen molar-refractivity contribution in [2.24, 2.45) is 0 Å². The van der Waals surface area contributed by atoms with Crippen LogP contribution in [-0.4, -0.2) is 27.2 Å². The van der Waals surface area contributed by atoms with Gasteiger partial charge >= 0.3 is 0 Å². The van der Waals surface area contributed by atoms with Crippen LogP contribution in [0.3, 0.4) is 0 Å². The standard InChI is InChI=1S/C15H14BrNO4S/c1-22(19,20)12-6-4-5-11(9-12)17-15(18)10-21-14-8-3-2-7-13(14)16/h2-9H,10H2,1H3,(H,17,18). The van der Waals surface area contributed by atoms with Crippen molar-refractivity contribution in [3.63, 3.8) is 0 Å². The quantitative estimate of drug-likeness (QED) is 0.861. The zero-order valence-electron chi connectivity index (χ0n) is 11.7. The molecule has 5 nitrogen and oxygen atoms in total. The average molecular weight is 384 g/mol. The van der Waals surface area contributed by atoms with Gasteiger partial charge in [-0.25, -0.2) is 8.42 Å². The normalized spacial score (nSPS) is 11.0. The van der Waals surface area contributed by atoms with E-state index >= 15 is 0 Å².